The van der Waals surface area contributed by atoms with Crippen LogP contribution in [0.1, 0.15) is 5.56 Å². The van der Waals surface area contributed by atoms with E-state index in [1.807, 2.05) is 0 Å². The molecule has 0 radical (unpaired) electrons. The van der Waals surface area contributed by atoms with E-state index >= 15 is 0 Å². The molecular weight excluding hydrogens is 296 g/mol. The third kappa shape index (κ3) is 3.76. The summed E-state index contributed by atoms with van der Waals surface area (Å²) in [5.74, 6) is -0.280. The SMILES string of the molecule is COc1cc(/C=C2\SC(=O)NC2=O)ccc1OCC(N)=O. The number of hydrogen-bond donors (Lipinski definition) is 2. The lowest BCUT2D eigenvalue weighted by atomic mass is 10.2. The van der Waals surface area contributed by atoms with Gasteiger partial charge in [0.25, 0.3) is 17.1 Å². The molecule has 21 heavy (non-hydrogen) atoms. The van der Waals surface area contributed by atoms with Gasteiger partial charge >= 0.3 is 0 Å². The summed E-state index contributed by atoms with van der Waals surface area (Å²) in [5, 5.41) is 1.77. The fourth-order valence-corrected chi connectivity index (χ4v) is 2.30. The fraction of sp³-hybridized carbons (Fsp3) is 0.154. The Kier molecular flexibility index (Phi) is 4.49. The molecule has 1 heterocycles. The van der Waals surface area contributed by atoms with Gasteiger partial charge in [0.1, 0.15) is 0 Å². The molecule has 1 aromatic carbocycles. The first-order chi connectivity index (χ1) is 9.99. The Bertz CT molecular complexity index is 641. The molecule has 3 N–H and O–H groups in total. The van der Waals surface area contributed by atoms with Crippen molar-refractivity contribution in [3.8, 4) is 11.5 Å². The van der Waals surface area contributed by atoms with Crippen LogP contribution in [-0.2, 0) is 9.59 Å². The number of carbonyl (C=O) groups excluding carboxylic acids is 3. The minimum Gasteiger partial charge on any atom is -0.493 e. The molecule has 110 valence electrons. The highest BCUT2D eigenvalue weighted by molar-refractivity contribution is 8.18. The van der Waals surface area contributed by atoms with Gasteiger partial charge in [0.15, 0.2) is 18.1 Å². The van der Waals surface area contributed by atoms with Crippen LogP contribution in [0.5, 0.6) is 11.5 Å². The fourth-order valence-electron chi connectivity index (χ4n) is 1.61. The van der Waals surface area contributed by atoms with Crippen LogP contribution in [0.4, 0.5) is 4.79 Å². The number of carbonyl (C=O) groups is 3. The maximum absolute atomic E-state index is 11.5. The molecule has 0 saturated carbocycles. The molecule has 1 aromatic rings. The number of imide groups is 1. The molecule has 8 heteroatoms. The number of rotatable bonds is 5. The minimum absolute atomic E-state index is 0.260. The molecule has 1 aliphatic heterocycles. The van der Waals surface area contributed by atoms with Gasteiger partial charge < -0.3 is 15.2 Å². The molecule has 0 aromatic heterocycles. The predicted molar refractivity (Wildman–Crippen MR) is 76.8 cm³/mol. The van der Waals surface area contributed by atoms with Crippen LogP contribution >= 0.6 is 11.8 Å². The third-order valence-electron chi connectivity index (χ3n) is 2.50. The standard InChI is InChI=1S/C13H12N2O5S/c1-19-9-4-7(2-3-8(9)20-6-11(14)16)5-10-12(17)15-13(18)21-10/h2-5H,6H2,1H3,(H2,14,16)(H,15,17,18)/b10-5-. The molecule has 7 nitrogen and oxygen atoms in total. The largest absolute Gasteiger partial charge is 0.493 e. The Balaban J connectivity index is 2.23. The molecule has 1 fully saturated rings. The molecule has 0 unspecified atom stereocenters. The van der Waals surface area contributed by atoms with E-state index in [-0.39, 0.29) is 6.61 Å². The molecule has 3 amide bonds. The highest BCUT2D eigenvalue weighted by Crippen LogP contribution is 2.31. The van der Waals surface area contributed by atoms with Crippen molar-refractivity contribution in [1.82, 2.24) is 5.32 Å². The molecular formula is C13H12N2O5S. The Morgan fingerprint density at radius 1 is 1.38 bits per heavy atom. The summed E-state index contributed by atoms with van der Waals surface area (Å²) >= 11 is 0.829. The lowest BCUT2D eigenvalue weighted by molar-refractivity contribution is -0.120. The number of nitrogens with two attached hydrogens (primary N) is 1. The predicted octanol–water partition coefficient (Wildman–Crippen LogP) is 0.883. The highest BCUT2D eigenvalue weighted by atomic mass is 32.2. The molecule has 0 bridgehead atoms. The second kappa shape index (κ2) is 6.31. The van der Waals surface area contributed by atoms with Crippen molar-refractivity contribution in [3.05, 3.63) is 28.7 Å². The van der Waals surface area contributed by atoms with Gasteiger partial charge in [0, 0.05) is 0 Å². The van der Waals surface area contributed by atoms with Crippen LogP contribution in [0.15, 0.2) is 23.1 Å². The average molecular weight is 308 g/mol. The van der Waals surface area contributed by atoms with E-state index in [0.717, 1.165) is 11.8 Å². The summed E-state index contributed by atoms with van der Waals surface area (Å²) < 4.78 is 10.3. The second-order valence-electron chi connectivity index (χ2n) is 4.02. The summed E-state index contributed by atoms with van der Waals surface area (Å²) in [6.45, 7) is -0.260. The van der Waals surface area contributed by atoms with Gasteiger partial charge in [0.2, 0.25) is 0 Å². The molecule has 1 saturated heterocycles. The van der Waals surface area contributed by atoms with E-state index in [2.05, 4.69) is 5.32 Å². The van der Waals surface area contributed by atoms with Crippen molar-refractivity contribution in [3.63, 3.8) is 0 Å². The Labute approximate surface area is 124 Å². The summed E-state index contributed by atoms with van der Waals surface area (Å²) in [5.41, 5.74) is 5.66. The van der Waals surface area contributed by atoms with Crippen LogP contribution in [0.3, 0.4) is 0 Å². The summed E-state index contributed by atoms with van der Waals surface area (Å²) in [6, 6.07) is 4.88. The van der Waals surface area contributed by atoms with E-state index in [1.54, 1.807) is 24.3 Å². The maximum Gasteiger partial charge on any atom is 0.290 e. The number of thioether (sulfide) groups is 1. The molecule has 0 aliphatic carbocycles. The van der Waals surface area contributed by atoms with Gasteiger partial charge in [-0.05, 0) is 35.5 Å². The minimum atomic E-state index is -0.596. The quantitative estimate of drug-likeness (QED) is 0.782. The summed E-state index contributed by atoms with van der Waals surface area (Å²) in [4.78, 5) is 33.5. The number of amides is 3. The Morgan fingerprint density at radius 2 is 2.14 bits per heavy atom. The van der Waals surface area contributed by atoms with Crippen molar-refractivity contribution in [2.24, 2.45) is 5.73 Å². The van der Waals surface area contributed by atoms with E-state index < -0.39 is 17.1 Å². The van der Waals surface area contributed by atoms with Crippen molar-refractivity contribution >= 4 is 34.9 Å². The van der Waals surface area contributed by atoms with Crippen LogP contribution in [0.2, 0.25) is 0 Å². The smallest absolute Gasteiger partial charge is 0.290 e. The second-order valence-corrected chi connectivity index (χ2v) is 5.03. The average Bonchev–Trinajstić information content (AvgIpc) is 2.75. The van der Waals surface area contributed by atoms with Gasteiger partial charge in [0.05, 0.1) is 12.0 Å². The lowest BCUT2D eigenvalue weighted by Crippen LogP contribution is -2.20. The topological polar surface area (TPSA) is 108 Å². The molecule has 2 rings (SSSR count). The zero-order chi connectivity index (χ0) is 15.4. The van der Waals surface area contributed by atoms with Gasteiger partial charge in [-0.15, -0.1) is 0 Å². The zero-order valence-corrected chi connectivity index (χ0v) is 11.9. The van der Waals surface area contributed by atoms with E-state index in [1.165, 1.54) is 7.11 Å². The normalized spacial score (nSPS) is 16.0. The number of benzene rings is 1. The van der Waals surface area contributed by atoms with Gasteiger partial charge in [-0.1, -0.05) is 6.07 Å². The zero-order valence-electron chi connectivity index (χ0n) is 11.0. The van der Waals surface area contributed by atoms with Crippen LogP contribution in [-0.4, -0.2) is 30.8 Å². The molecule has 0 spiro atoms. The third-order valence-corrected chi connectivity index (χ3v) is 3.31. The Morgan fingerprint density at radius 3 is 2.71 bits per heavy atom. The van der Waals surface area contributed by atoms with E-state index in [0.29, 0.717) is 22.0 Å². The first-order valence-electron chi connectivity index (χ1n) is 5.83. The number of ether oxygens (including phenoxy) is 2. The van der Waals surface area contributed by atoms with Gasteiger partial charge in [-0.25, -0.2) is 0 Å². The van der Waals surface area contributed by atoms with Crippen LogP contribution < -0.4 is 20.5 Å². The molecule has 1 aliphatic rings. The summed E-state index contributed by atoms with van der Waals surface area (Å²) in [7, 11) is 1.45. The first-order valence-corrected chi connectivity index (χ1v) is 6.65. The number of hydrogen-bond acceptors (Lipinski definition) is 6. The van der Waals surface area contributed by atoms with Crippen LogP contribution in [0.25, 0.3) is 6.08 Å². The van der Waals surface area contributed by atoms with Crippen molar-refractivity contribution < 1.29 is 23.9 Å². The molecule has 0 atom stereocenters. The van der Waals surface area contributed by atoms with Crippen molar-refractivity contribution in [2.75, 3.05) is 13.7 Å². The maximum atomic E-state index is 11.5. The van der Waals surface area contributed by atoms with E-state index in [4.69, 9.17) is 15.2 Å². The van der Waals surface area contributed by atoms with E-state index in [9.17, 15) is 14.4 Å². The van der Waals surface area contributed by atoms with Gasteiger partial charge in [-0.3, -0.25) is 19.7 Å². The summed E-state index contributed by atoms with van der Waals surface area (Å²) in [6.07, 6.45) is 1.56. The monoisotopic (exact) mass is 308 g/mol. The lowest BCUT2D eigenvalue weighted by Gasteiger charge is -2.10. The van der Waals surface area contributed by atoms with Crippen molar-refractivity contribution in [2.45, 2.75) is 0 Å². The van der Waals surface area contributed by atoms with Crippen molar-refractivity contribution in [1.29, 1.82) is 0 Å². The number of nitrogens with one attached hydrogen (secondary N) is 1. The van der Waals surface area contributed by atoms with Crippen LogP contribution in [0, 0.1) is 0 Å². The highest BCUT2D eigenvalue weighted by Gasteiger charge is 2.25. The number of primary amides is 1. The Hall–Kier alpha value is -2.48. The number of methoxy groups -OCH3 is 1. The van der Waals surface area contributed by atoms with Gasteiger partial charge in [-0.2, -0.15) is 0 Å². The first kappa shape index (κ1) is 14.9.